The molecule has 1 rings (SSSR count). The Morgan fingerprint density at radius 2 is 2.04 bits per heavy atom. The van der Waals surface area contributed by atoms with Gasteiger partial charge in [-0.15, -0.1) is 0 Å². The average molecular weight is 339 g/mol. The Balaban J connectivity index is 2.60. The zero-order chi connectivity index (χ0) is 17.7. The second kappa shape index (κ2) is 7.42. The number of aromatic nitrogens is 1. The molecule has 0 aliphatic rings. The van der Waals surface area contributed by atoms with Crippen molar-refractivity contribution in [1.82, 2.24) is 10.3 Å². The van der Waals surface area contributed by atoms with E-state index >= 15 is 0 Å². The van der Waals surface area contributed by atoms with Crippen LogP contribution in [0.4, 0.5) is 4.79 Å². The first-order chi connectivity index (χ1) is 10.5. The molecule has 0 unspecified atom stereocenters. The lowest BCUT2D eigenvalue weighted by Gasteiger charge is -2.19. The van der Waals surface area contributed by atoms with Crippen molar-refractivity contribution >= 4 is 15.9 Å². The van der Waals surface area contributed by atoms with Crippen LogP contribution in [0.3, 0.4) is 0 Å². The summed E-state index contributed by atoms with van der Waals surface area (Å²) < 4.78 is 28.4. The highest BCUT2D eigenvalue weighted by Crippen LogP contribution is 2.14. The van der Waals surface area contributed by atoms with Gasteiger partial charge in [0.25, 0.3) is 0 Å². The number of aryl methyl sites for hydroxylation is 1. The summed E-state index contributed by atoms with van der Waals surface area (Å²) in [5, 5.41) is 11.3. The van der Waals surface area contributed by atoms with E-state index in [1.165, 1.54) is 6.07 Å². The first kappa shape index (κ1) is 18.9. The maximum Gasteiger partial charge on any atom is 0.407 e. The summed E-state index contributed by atoms with van der Waals surface area (Å²) in [6.45, 7) is 5.71. The fourth-order valence-electron chi connectivity index (χ4n) is 1.76. The van der Waals surface area contributed by atoms with Gasteiger partial charge in [-0.1, -0.05) is 0 Å². The third-order valence-electron chi connectivity index (χ3n) is 2.67. The Labute approximate surface area is 136 Å². The molecule has 0 saturated heterocycles. The Kier molecular flexibility index (Phi) is 6.10. The molecule has 1 aromatic heterocycles. The quantitative estimate of drug-likeness (QED) is 0.819. The molecule has 23 heavy (non-hydrogen) atoms. The molecule has 0 aliphatic heterocycles. The van der Waals surface area contributed by atoms with E-state index in [2.05, 4.69) is 10.3 Å². The minimum atomic E-state index is -3.56. The number of nitriles is 1. The van der Waals surface area contributed by atoms with Gasteiger partial charge >= 0.3 is 6.09 Å². The highest BCUT2D eigenvalue weighted by molar-refractivity contribution is 7.90. The van der Waals surface area contributed by atoms with Crippen LogP contribution in [-0.2, 0) is 21.0 Å². The molecule has 0 bridgehead atoms. The number of ether oxygens (including phenoxy) is 1. The van der Waals surface area contributed by atoms with E-state index < -0.39 is 21.5 Å². The van der Waals surface area contributed by atoms with Gasteiger partial charge in [0.2, 0.25) is 0 Å². The van der Waals surface area contributed by atoms with Crippen molar-refractivity contribution in [2.45, 2.75) is 44.2 Å². The zero-order valence-electron chi connectivity index (χ0n) is 13.7. The molecule has 1 aromatic rings. The Hall–Kier alpha value is -2.14. The van der Waals surface area contributed by atoms with Crippen molar-refractivity contribution in [2.24, 2.45) is 0 Å². The average Bonchev–Trinajstić information content (AvgIpc) is 2.40. The van der Waals surface area contributed by atoms with Crippen LogP contribution < -0.4 is 5.32 Å². The van der Waals surface area contributed by atoms with Crippen LogP contribution in [0.25, 0.3) is 0 Å². The number of sulfone groups is 1. The Bertz CT molecular complexity index is 715. The molecular weight excluding hydrogens is 318 g/mol. The maximum absolute atomic E-state index is 11.6. The molecule has 0 aliphatic carbocycles. The smallest absolute Gasteiger partial charge is 0.407 e. The molecule has 1 N–H and O–H groups in total. The monoisotopic (exact) mass is 339 g/mol. The van der Waals surface area contributed by atoms with E-state index in [0.717, 1.165) is 6.26 Å². The van der Waals surface area contributed by atoms with Crippen molar-refractivity contribution in [3.05, 3.63) is 23.4 Å². The van der Waals surface area contributed by atoms with Crippen LogP contribution >= 0.6 is 0 Å². The minimum absolute atomic E-state index is 0.0307. The number of carbonyl (C=O) groups is 1. The van der Waals surface area contributed by atoms with E-state index in [0.29, 0.717) is 25.1 Å². The number of nitrogens with one attached hydrogen (secondary N) is 1. The lowest BCUT2D eigenvalue weighted by molar-refractivity contribution is 0.0527. The molecule has 8 heteroatoms. The predicted octanol–water partition coefficient (Wildman–Crippen LogP) is 1.81. The van der Waals surface area contributed by atoms with Gasteiger partial charge in [-0.25, -0.2) is 18.2 Å². The number of pyridine rings is 1. The second-order valence-electron chi connectivity index (χ2n) is 6.07. The van der Waals surface area contributed by atoms with E-state index in [1.54, 1.807) is 26.8 Å². The summed E-state index contributed by atoms with van der Waals surface area (Å²) in [6.07, 6.45) is 1.57. The molecule has 7 nitrogen and oxygen atoms in total. The van der Waals surface area contributed by atoms with E-state index in [9.17, 15) is 13.2 Å². The van der Waals surface area contributed by atoms with Crippen LogP contribution in [0.5, 0.6) is 0 Å². The second-order valence-corrected chi connectivity index (χ2v) is 8.00. The SMILES string of the molecule is CC(C)(C)OC(=O)NCCCc1ccc(C#N)c(S(C)(=O)=O)n1. The third kappa shape index (κ3) is 6.65. The molecule has 1 amide bonds. The van der Waals surface area contributed by atoms with Crippen LogP contribution in [-0.4, -0.2) is 37.9 Å². The number of hydrogen-bond donors (Lipinski definition) is 1. The van der Waals surface area contributed by atoms with Crippen LogP contribution in [0.15, 0.2) is 17.2 Å². The first-order valence-corrected chi connectivity index (χ1v) is 8.99. The first-order valence-electron chi connectivity index (χ1n) is 7.10. The van der Waals surface area contributed by atoms with Gasteiger partial charge in [-0.05, 0) is 45.7 Å². The van der Waals surface area contributed by atoms with Gasteiger partial charge in [-0.2, -0.15) is 5.26 Å². The fourth-order valence-corrected chi connectivity index (χ4v) is 2.56. The molecule has 0 spiro atoms. The van der Waals surface area contributed by atoms with Gasteiger partial charge in [0.1, 0.15) is 11.7 Å². The number of hydrogen-bond acceptors (Lipinski definition) is 6. The van der Waals surface area contributed by atoms with Crippen molar-refractivity contribution in [2.75, 3.05) is 12.8 Å². The number of nitrogens with zero attached hydrogens (tertiary/aromatic N) is 2. The molecule has 0 aromatic carbocycles. The molecule has 0 radical (unpaired) electrons. The Morgan fingerprint density at radius 1 is 1.39 bits per heavy atom. The standard InChI is InChI=1S/C15H21N3O4S/c1-15(2,3)22-14(19)17-9-5-6-12-8-7-11(10-16)13(18-12)23(4,20)21/h7-8H,5-6,9H2,1-4H3,(H,17,19). The summed E-state index contributed by atoms with van der Waals surface area (Å²) >= 11 is 0. The van der Waals surface area contributed by atoms with E-state index in [-0.39, 0.29) is 10.6 Å². The minimum Gasteiger partial charge on any atom is -0.444 e. The number of carbonyl (C=O) groups excluding carboxylic acids is 1. The summed E-state index contributed by atoms with van der Waals surface area (Å²) in [4.78, 5) is 15.5. The normalized spacial score (nSPS) is 11.6. The lowest BCUT2D eigenvalue weighted by Crippen LogP contribution is -2.33. The van der Waals surface area contributed by atoms with Crippen LogP contribution in [0.2, 0.25) is 0 Å². The molecular formula is C15H21N3O4S. The number of alkyl carbamates (subject to hydrolysis) is 1. The third-order valence-corrected chi connectivity index (χ3v) is 3.68. The van der Waals surface area contributed by atoms with Crippen molar-refractivity contribution in [3.63, 3.8) is 0 Å². The summed E-state index contributed by atoms with van der Waals surface area (Å²) in [7, 11) is -3.56. The molecule has 0 atom stereocenters. The Morgan fingerprint density at radius 3 is 2.57 bits per heavy atom. The topological polar surface area (TPSA) is 109 Å². The van der Waals surface area contributed by atoms with Gasteiger partial charge in [0.05, 0.1) is 5.56 Å². The van der Waals surface area contributed by atoms with Gasteiger partial charge in [-0.3, -0.25) is 0 Å². The predicted molar refractivity (Wildman–Crippen MR) is 84.6 cm³/mol. The summed E-state index contributed by atoms with van der Waals surface area (Å²) in [5.74, 6) is 0. The largest absolute Gasteiger partial charge is 0.444 e. The van der Waals surface area contributed by atoms with Gasteiger partial charge < -0.3 is 10.1 Å². The van der Waals surface area contributed by atoms with E-state index in [1.807, 2.05) is 6.07 Å². The summed E-state index contributed by atoms with van der Waals surface area (Å²) in [6, 6.07) is 4.87. The van der Waals surface area contributed by atoms with Crippen LogP contribution in [0.1, 0.15) is 38.4 Å². The van der Waals surface area contributed by atoms with Gasteiger partial charge in [0, 0.05) is 18.5 Å². The number of amides is 1. The van der Waals surface area contributed by atoms with Gasteiger partial charge in [0.15, 0.2) is 14.9 Å². The lowest BCUT2D eigenvalue weighted by atomic mass is 10.2. The van der Waals surface area contributed by atoms with Crippen molar-refractivity contribution in [1.29, 1.82) is 5.26 Å². The van der Waals surface area contributed by atoms with Crippen molar-refractivity contribution in [3.8, 4) is 6.07 Å². The highest BCUT2D eigenvalue weighted by Gasteiger charge is 2.17. The zero-order valence-corrected chi connectivity index (χ0v) is 14.5. The molecule has 0 saturated carbocycles. The van der Waals surface area contributed by atoms with Crippen LogP contribution in [0, 0.1) is 11.3 Å². The molecule has 1 heterocycles. The molecule has 126 valence electrons. The highest BCUT2D eigenvalue weighted by atomic mass is 32.2. The summed E-state index contributed by atoms with van der Waals surface area (Å²) in [5.41, 5.74) is 0.0296. The molecule has 0 fully saturated rings. The fraction of sp³-hybridized carbons (Fsp3) is 0.533. The van der Waals surface area contributed by atoms with E-state index in [4.69, 9.17) is 10.00 Å². The maximum atomic E-state index is 11.6. The number of rotatable bonds is 5. The van der Waals surface area contributed by atoms with Crippen molar-refractivity contribution < 1.29 is 17.9 Å².